The number of likely N-dealkylation sites (tertiary alicyclic amines) is 1. The second-order valence-electron chi connectivity index (χ2n) is 8.11. The zero-order valence-electron chi connectivity index (χ0n) is 18.8. The summed E-state index contributed by atoms with van der Waals surface area (Å²) in [6, 6.07) is 0. The van der Waals surface area contributed by atoms with E-state index >= 15 is 0 Å². The fourth-order valence-electron chi connectivity index (χ4n) is 3.98. The number of aliphatic imine (C=N–C) groups is 1. The number of hydrogen-bond donors (Lipinski definition) is 2. The molecule has 0 bridgehead atoms. The summed E-state index contributed by atoms with van der Waals surface area (Å²) in [6.45, 7) is 16.0. The van der Waals surface area contributed by atoms with Crippen LogP contribution in [0.5, 0.6) is 0 Å². The molecule has 0 spiro atoms. The predicted octanol–water partition coefficient (Wildman–Crippen LogP) is 3.48. The number of nitrogens with zero attached hydrogens (tertiary/aromatic N) is 4. The highest BCUT2D eigenvalue weighted by Gasteiger charge is 2.27. The van der Waals surface area contributed by atoms with Crippen LogP contribution in [-0.2, 0) is 26.4 Å². The Morgan fingerprint density at radius 3 is 2.32 bits per heavy atom. The van der Waals surface area contributed by atoms with E-state index in [1.54, 1.807) is 0 Å². The highest BCUT2D eigenvalue weighted by molar-refractivity contribution is 14.0. The van der Waals surface area contributed by atoms with Gasteiger partial charge in [0.15, 0.2) is 5.96 Å². The smallest absolute Gasteiger partial charge is 0.191 e. The van der Waals surface area contributed by atoms with Crippen molar-refractivity contribution < 1.29 is 0 Å². The molecule has 1 aliphatic heterocycles. The maximum atomic E-state index is 4.89. The molecule has 0 amide bonds. The van der Waals surface area contributed by atoms with Gasteiger partial charge in [0.05, 0.1) is 12.2 Å². The van der Waals surface area contributed by atoms with Gasteiger partial charge in [-0.1, -0.05) is 20.3 Å². The SMILES string of the molecule is CCNC(=NCc1c(CC)nn(C)c1CC)NCC(C)(C)N1CCCCC1.I. The molecule has 2 N–H and O–H groups in total. The summed E-state index contributed by atoms with van der Waals surface area (Å²) in [5.74, 6) is 0.899. The summed E-state index contributed by atoms with van der Waals surface area (Å²) >= 11 is 0. The minimum absolute atomic E-state index is 0. The standard InChI is InChI=1S/C21H40N6.HI/c1-7-18-17(19(8-2)26(6)25-18)15-23-20(22-9-3)24-16-21(4,5)27-13-11-10-12-14-27;/h7-16H2,1-6H3,(H2,22,23,24);1H. The molecule has 1 fully saturated rings. The molecule has 1 saturated heterocycles. The molecule has 162 valence electrons. The first-order valence-electron chi connectivity index (χ1n) is 10.7. The first-order valence-corrected chi connectivity index (χ1v) is 10.7. The van der Waals surface area contributed by atoms with E-state index in [2.05, 4.69) is 55.3 Å². The van der Waals surface area contributed by atoms with E-state index in [9.17, 15) is 0 Å². The molecular weight excluding hydrogens is 463 g/mol. The van der Waals surface area contributed by atoms with E-state index in [1.807, 2.05) is 11.7 Å². The molecular formula is C21H41IN6. The number of rotatable bonds is 8. The van der Waals surface area contributed by atoms with Crippen LogP contribution in [0.1, 0.15) is 70.8 Å². The molecule has 2 heterocycles. The van der Waals surface area contributed by atoms with Gasteiger partial charge in [-0.3, -0.25) is 9.58 Å². The van der Waals surface area contributed by atoms with Crippen LogP contribution in [0.4, 0.5) is 0 Å². The molecule has 1 aromatic heterocycles. The van der Waals surface area contributed by atoms with E-state index < -0.39 is 0 Å². The minimum atomic E-state index is 0. The summed E-state index contributed by atoms with van der Waals surface area (Å²) in [4.78, 5) is 7.49. The van der Waals surface area contributed by atoms with Crippen molar-refractivity contribution in [2.75, 3.05) is 26.2 Å². The largest absolute Gasteiger partial charge is 0.357 e. The Hall–Kier alpha value is -0.830. The van der Waals surface area contributed by atoms with Crippen molar-refractivity contribution in [1.29, 1.82) is 0 Å². The lowest BCUT2D eigenvalue weighted by Gasteiger charge is -2.41. The van der Waals surface area contributed by atoms with Crippen LogP contribution >= 0.6 is 24.0 Å². The second kappa shape index (κ2) is 12.0. The van der Waals surface area contributed by atoms with Crippen LogP contribution < -0.4 is 10.6 Å². The molecule has 0 aromatic carbocycles. The molecule has 0 aliphatic carbocycles. The Morgan fingerprint density at radius 1 is 1.07 bits per heavy atom. The molecule has 28 heavy (non-hydrogen) atoms. The van der Waals surface area contributed by atoms with Crippen molar-refractivity contribution in [1.82, 2.24) is 25.3 Å². The van der Waals surface area contributed by atoms with Crippen molar-refractivity contribution in [3.63, 3.8) is 0 Å². The molecule has 0 atom stereocenters. The molecule has 1 aliphatic rings. The first-order chi connectivity index (χ1) is 12.9. The van der Waals surface area contributed by atoms with Gasteiger partial charge in [0.25, 0.3) is 0 Å². The van der Waals surface area contributed by atoms with Crippen LogP contribution in [0, 0.1) is 0 Å². The minimum Gasteiger partial charge on any atom is -0.357 e. The highest BCUT2D eigenvalue weighted by Crippen LogP contribution is 2.20. The average molecular weight is 505 g/mol. The highest BCUT2D eigenvalue weighted by atomic mass is 127. The number of halogens is 1. The lowest BCUT2D eigenvalue weighted by Crippen LogP contribution is -2.54. The average Bonchev–Trinajstić information content (AvgIpc) is 2.99. The third-order valence-electron chi connectivity index (χ3n) is 5.67. The molecule has 1 aromatic rings. The van der Waals surface area contributed by atoms with Gasteiger partial charge < -0.3 is 10.6 Å². The van der Waals surface area contributed by atoms with Crippen molar-refractivity contribution in [2.45, 2.75) is 78.8 Å². The topological polar surface area (TPSA) is 57.5 Å². The first kappa shape index (κ1) is 25.2. The number of piperidine rings is 1. The third-order valence-corrected chi connectivity index (χ3v) is 5.67. The summed E-state index contributed by atoms with van der Waals surface area (Å²) in [5.41, 5.74) is 3.88. The van der Waals surface area contributed by atoms with Crippen molar-refractivity contribution in [3.8, 4) is 0 Å². The number of aryl methyl sites for hydroxylation is 2. The van der Waals surface area contributed by atoms with Gasteiger partial charge in [-0.05, 0) is 59.5 Å². The Kier molecular flexibility index (Phi) is 10.8. The molecule has 0 radical (unpaired) electrons. The van der Waals surface area contributed by atoms with Crippen LogP contribution in [0.15, 0.2) is 4.99 Å². The fraction of sp³-hybridized carbons (Fsp3) is 0.810. The Balaban J connectivity index is 0.00000392. The summed E-state index contributed by atoms with van der Waals surface area (Å²) in [7, 11) is 2.04. The van der Waals surface area contributed by atoms with Crippen LogP contribution in [0.25, 0.3) is 0 Å². The van der Waals surface area contributed by atoms with Gasteiger partial charge >= 0.3 is 0 Å². The Bertz CT molecular complexity index is 617. The maximum Gasteiger partial charge on any atom is 0.191 e. The van der Waals surface area contributed by atoms with Gasteiger partial charge in [-0.25, -0.2) is 4.99 Å². The quantitative estimate of drug-likeness (QED) is 0.324. The predicted molar refractivity (Wildman–Crippen MR) is 130 cm³/mol. The van der Waals surface area contributed by atoms with E-state index in [4.69, 9.17) is 4.99 Å². The zero-order chi connectivity index (χ0) is 19.9. The van der Waals surface area contributed by atoms with Gasteiger partial charge in [-0.15, -0.1) is 24.0 Å². The molecule has 0 unspecified atom stereocenters. The van der Waals surface area contributed by atoms with Crippen molar-refractivity contribution in [3.05, 3.63) is 17.0 Å². The van der Waals surface area contributed by atoms with Crippen LogP contribution in [-0.4, -0.2) is 52.4 Å². The maximum absolute atomic E-state index is 4.89. The van der Waals surface area contributed by atoms with Crippen LogP contribution in [0.2, 0.25) is 0 Å². The van der Waals surface area contributed by atoms with E-state index in [0.29, 0.717) is 6.54 Å². The lowest BCUT2D eigenvalue weighted by molar-refractivity contribution is 0.0982. The summed E-state index contributed by atoms with van der Waals surface area (Å²) in [6.07, 6.45) is 5.94. The van der Waals surface area contributed by atoms with Crippen LogP contribution in [0.3, 0.4) is 0 Å². The molecule has 6 nitrogen and oxygen atoms in total. The molecule has 7 heteroatoms. The van der Waals surface area contributed by atoms with Gasteiger partial charge in [-0.2, -0.15) is 5.10 Å². The van der Waals surface area contributed by atoms with E-state index in [-0.39, 0.29) is 29.5 Å². The number of guanidine groups is 1. The Labute approximate surface area is 189 Å². The number of hydrogen-bond acceptors (Lipinski definition) is 3. The second-order valence-corrected chi connectivity index (χ2v) is 8.11. The van der Waals surface area contributed by atoms with Gasteiger partial charge in [0.2, 0.25) is 0 Å². The number of nitrogens with one attached hydrogen (secondary N) is 2. The summed E-state index contributed by atoms with van der Waals surface area (Å²) in [5, 5.41) is 11.7. The third kappa shape index (κ3) is 6.61. The monoisotopic (exact) mass is 504 g/mol. The zero-order valence-corrected chi connectivity index (χ0v) is 21.1. The van der Waals surface area contributed by atoms with Gasteiger partial charge in [0, 0.05) is 36.9 Å². The van der Waals surface area contributed by atoms with Gasteiger partial charge in [0.1, 0.15) is 0 Å². The van der Waals surface area contributed by atoms with E-state index in [0.717, 1.165) is 31.9 Å². The fourth-order valence-corrected chi connectivity index (χ4v) is 3.98. The summed E-state index contributed by atoms with van der Waals surface area (Å²) < 4.78 is 2.02. The Morgan fingerprint density at radius 2 is 1.75 bits per heavy atom. The normalized spacial score (nSPS) is 16.0. The lowest BCUT2D eigenvalue weighted by atomic mass is 9.98. The molecule has 2 rings (SSSR count). The van der Waals surface area contributed by atoms with Crippen molar-refractivity contribution >= 4 is 29.9 Å². The molecule has 0 saturated carbocycles. The van der Waals surface area contributed by atoms with E-state index in [1.165, 1.54) is 49.3 Å². The number of aromatic nitrogens is 2. The van der Waals surface area contributed by atoms with Crippen molar-refractivity contribution in [2.24, 2.45) is 12.0 Å².